The van der Waals surface area contributed by atoms with Gasteiger partial charge in [0.1, 0.15) is 0 Å². The predicted octanol–water partition coefficient (Wildman–Crippen LogP) is 1.69. The highest BCUT2D eigenvalue weighted by Crippen LogP contribution is 2.03. The first-order valence-corrected chi connectivity index (χ1v) is 4.39. The van der Waals surface area contributed by atoms with Crippen LogP contribution in [0.5, 0.6) is 0 Å². The molecule has 0 atom stereocenters. The molecule has 70 valence electrons. The first-order chi connectivity index (χ1) is 6.36. The highest BCUT2D eigenvalue weighted by molar-refractivity contribution is 5.93. The van der Waals surface area contributed by atoms with E-state index in [0.29, 0.717) is 0 Å². The van der Waals surface area contributed by atoms with Gasteiger partial charge in [-0.05, 0) is 19.1 Å². The number of nitrogens with one attached hydrogen (secondary N) is 2. The van der Waals surface area contributed by atoms with E-state index in [-0.39, 0.29) is 0 Å². The van der Waals surface area contributed by atoms with Crippen LogP contribution in [0.25, 0.3) is 0 Å². The van der Waals surface area contributed by atoms with Crippen LogP contribution in [0.1, 0.15) is 6.92 Å². The standard InChI is InChI=1S/C10H15N3/c1-3-12-10(11-2)13-9-7-5-4-6-8-9/h4-8H,3H2,1-2H3,(H2,11,12,13). The summed E-state index contributed by atoms with van der Waals surface area (Å²) in [6.45, 7) is 2.91. The minimum atomic E-state index is 0.800. The maximum absolute atomic E-state index is 4.07. The molecule has 2 N–H and O–H groups in total. The highest BCUT2D eigenvalue weighted by Gasteiger charge is 1.94. The lowest BCUT2D eigenvalue weighted by molar-refractivity contribution is 0.958. The zero-order valence-corrected chi connectivity index (χ0v) is 8.04. The summed E-state index contributed by atoms with van der Waals surface area (Å²) in [4.78, 5) is 4.07. The Hall–Kier alpha value is -1.51. The Kier molecular flexibility index (Phi) is 3.82. The summed E-state index contributed by atoms with van der Waals surface area (Å²) in [5.41, 5.74) is 1.05. The summed E-state index contributed by atoms with van der Waals surface area (Å²) in [7, 11) is 1.76. The van der Waals surface area contributed by atoms with Crippen LogP contribution in [0.15, 0.2) is 35.3 Å². The van der Waals surface area contributed by atoms with E-state index >= 15 is 0 Å². The molecule has 0 spiro atoms. The number of aliphatic imine (C=N–C) groups is 1. The third-order valence-corrected chi connectivity index (χ3v) is 1.60. The third-order valence-electron chi connectivity index (χ3n) is 1.60. The average molecular weight is 177 g/mol. The van der Waals surface area contributed by atoms with Crippen LogP contribution in [-0.2, 0) is 0 Å². The number of rotatable bonds is 2. The molecule has 0 saturated heterocycles. The van der Waals surface area contributed by atoms with Gasteiger partial charge < -0.3 is 10.6 Å². The molecule has 13 heavy (non-hydrogen) atoms. The molecule has 0 aromatic heterocycles. The van der Waals surface area contributed by atoms with Crippen LogP contribution < -0.4 is 10.6 Å². The molecule has 0 radical (unpaired) electrons. The van der Waals surface area contributed by atoms with Crippen molar-refractivity contribution >= 4 is 11.6 Å². The zero-order valence-electron chi connectivity index (χ0n) is 8.04. The highest BCUT2D eigenvalue weighted by atomic mass is 15.2. The van der Waals surface area contributed by atoms with Gasteiger partial charge in [-0.3, -0.25) is 4.99 Å². The van der Waals surface area contributed by atoms with Crippen molar-refractivity contribution in [2.24, 2.45) is 4.99 Å². The van der Waals surface area contributed by atoms with E-state index in [0.717, 1.165) is 18.2 Å². The lowest BCUT2D eigenvalue weighted by atomic mass is 10.3. The van der Waals surface area contributed by atoms with Crippen molar-refractivity contribution in [3.05, 3.63) is 30.3 Å². The molecule has 3 heteroatoms. The molecule has 1 aromatic rings. The molecule has 3 nitrogen and oxygen atoms in total. The van der Waals surface area contributed by atoms with Crippen molar-refractivity contribution in [3.8, 4) is 0 Å². The fraction of sp³-hybridized carbons (Fsp3) is 0.300. The van der Waals surface area contributed by atoms with Crippen LogP contribution in [-0.4, -0.2) is 19.6 Å². The lowest BCUT2D eigenvalue weighted by Crippen LogP contribution is -2.30. The van der Waals surface area contributed by atoms with Crippen LogP contribution in [0.2, 0.25) is 0 Å². The molecule has 0 fully saturated rings. The average Bonchev–Trinajstić information content (AvgIpc) is 2.19. The van der Waals surface area contributed by atoms with Gasteiger partial charge in [-0.25, -0.2) is 0 Å². The van der Waals surface area contributed by atoms with E-state index in [1.54, 1.807) is 7.05 Å². The first kappa shape index (κ1) is 9.58. The van der Waals surface area contributed by atoms with Crippen LogP contribution >= 0.6 is 0 Å². The largest absolute Gasteiger partial charge is 0.356 e. The summed E-state index contributed by atoms with van der Waals surface area (Å²) < 4.78 is 0. The number of guanidine groups is 1. The second kappa shape index (κ2) is 5.19. The molecular formula is C10H15N3. The van der Waals surface area contributed by atoms with Gasteiger partial charge in [0.25, 0.3) is 0 Å². The Morgan fingerprint density at radius 2 is 2.00 bits per heavy atom. The smallest absolute Gasteiger partial charge is 0.195 e. The SMILES string of the molecule is CCNC(=NC)Nc1ccccc1. The van der Waals surface area contributed by atoms with Crippen molar-refractivity contribution in [3.63, 3.8) is 0 Å². The van der Waals surface area contributed by atoms with Crippen LogP contribution in [0.4, 0.5) is 5.69 Å². The minimum Gasteiger partial charge on any atom is -0.356 e. The summed E-state index contributed by atoms with van der Waals surface area (Å²) in [6.07, 6.45) is 0. The molecule has 0 amide bonds. The molecule has 0 aliphatic carbocycles. The van der Waals surface area contributed by atoms with Crippen molar-refractivity contribution in [1.82, 2.24) is 5.32 Å². The van der Waals surface area contributed by atoms with E-state index in [2.05, 4.69) is 15.6 Å². The van der Waals surface area contributed by atoms with Gasteiger partial charge in [0, 0.05) is 19.3 Å². The summed E-state index contributed by atoms with van der Waals surface area (Å²) >= 11 is 0. The zero-order chi connectivity index (χ0) is 9.52. The van der Waals surface area contributed by atoms with Crippen molar-refractivity contribution in [2.75, 3.05) is 18.9 Å². The van der Waals surface area contributed by atoms with E-state index in [4.69, 9.17) is 0 Å². The number of anilines is 1. The maximum atomic E-state index is 4.07. The van der Waals surface area contributed by atoms with Gasteiger partial charge >= 0.3 is 0 Å². The van der Waals surface area contributed by atoms with Gasteiger partial charge in [0.2, 0.25) is 0 Å². The molecule has 0 heterocycles. The molecule has 0 aliphatic rings. The van der Waals surface area contributed by atoms with Crippen molar-refractivity contribution in [1.29, 1.82) is 0 Å². The van der Waals surface area contributed by atoms with E-state index in [1.807, 2.05) is 37.3 Å². The van der Waals surface area contributed by atoms with E-state index < -0.39 is 0 Å². The number of nitrogens with zero attached hydrogens (tertiary/aromatic N) is 1. The van der Waals surface area contributed by atoms with Gasteiger partial charge in [0.05, 0.1) is 0 Å². The van der Waals surface area contributed by atoms with Crippen LogP contribution in [0, 0.1) is 0 Å². The fourth-order valence-electron chi connectivity index (χ4n) is 1.00. The summed E-state index contributed by atoms with van der Waals surface area (Å²) in [5.74, 6) is 0.800. The topological polar surface area (TPSA) is 36.4 Å². The normalized spacial score (nSPS) is 11.1. The number of benzene rings is 1. The molecule has 0 unspecified atom stereocenters. The molecule has 0 bridgehead atoms. The Morgan fingerprint density at radius 1 is 1.31 bits per heavy atom. The van der Waals surface area contributed by atoms with Crippen molar-refractivity contribution in [2.45, 2.75) is 6.92 Å². The van der Waals surface area contributed by atoms with E-state index in [9.17, 15) is 0 Å². The quantitative estimate of drug-likeness (QED) is 0.533. The predicted molar refractivity (Wildman–Crippen MR) is 57.1 cm³/mol. The van der Waals surface area contributed by atoms with Gasteiger partial charge in [0.15, 0.2) is 5.96 Å². The Bertz CT molecular complexity index is 267. The van der Waals surface area contributed by atoms with Gasteiger partial charge in [-0.1, -0.05) is 18.2 Å². The Morgan fingerprint density at radius 3 is 2.54 bits per heavy atom. The van der Waals surface area contributed by atoms with Crippen LogP contribution in [0.3, 0.4) is 0 Å². The first-order valence-electron chi connectivity index (χ1n) is 4.39. The van der Waals surface area contributed by atoms with Gasteiger partial charge in [-0.15, -0.1) is 0 Å². The fourth-order valence-corrected chi connectivity index (χ4v) is 1.00. The third kappa shape index (κ3) is 3.15. The maximum Gasteiger partial charge on any atom is 0.195 e. The summed E-state index contributed by atoms with van der Waals surface area (Å²) in [6, 6.07) is 9.97. The molecule has 1 rings (SSSR count). The van der Waals surface area contributed by atoms with Gasteiger partial charge in [-0.2, -0.15) is 0 Å². The summed E-state index contributed by atoms with van der Waals surface area (Å²) in [5, 5.41) is 6.29. The molecule has 0 aliphatic heterocycles. The second-order valence-corrected chi connectivity index (χ2v) is 2.59. The van der Waals surface area contributed by atoms with E-state index in [1.165, 1.54) is 0 Å². The van der Waals surface area contributed by atoms with Crippen molar-refractivity contribution < 1.29 is 0 Å². The second-order valence-electron chi connectivity index (χ2n) is 2.59. The number of hydrogen-bond donors (Lipinski definition) is 2. The monoisotopic (exact) mass is 177 g/mol. The minimum absolute atomic E-state index is 0.800. The lowest BCUT2D eigenvalue weighted by Gasteiger charge is -2.09. The molecule has 0 saturated carbocycles. The Labute approximate surface area is 78.9 Å². The number of para-hydroxylation sites is 1. The number of hydrogen-bond acceptors (Lipinski definition) is 1. The molecular weight excluding hydrogens is 162 g/mol. The Balaban J connectivity index is 2.58. The molecule has 1 aromatic carbocycles.